The van der Waals surface area contributed by atoms with Crippen LogP contribution in [0.2, 0.25) is 0 Å². The molecule has 2 heterocycles. The molecule has 0 spiro atoms. The van der Waals surface area contributed by atoms with Gasteiger partial charge in [-0.1, -0.05) is 13.8 Å². The maximum Gasteiger partial charge on any atom is 0.273 e. The monoisotopic (exact) mass is 324 g/mol. The van der Waals surface area contributed by atoms with Crippen molar-refractivity contribution in [3.05, 3.63) is 27.9 Å². The molecule has 0 bridgehead atoms. The second-order valence-electron chi connectivity index (χ2n) is 5.19. The van der Waals surface area contributed by atoms with Crippen molar-refractivity contribution in [3.8, 4) is 10.6 Å². The lowest BCUT2D eigenvalue weighted by Crippen LogP contribution is -2.36. The molecular weight excluding hydrogens is 304 g/mol. The normalized spacial score (nSPS) is 11.0. The number of aromatic nitrogens is 1. The molecule has 2 aromatic rings. The smallest absolute Gasteiger partial charge is 0.273 e. The van der Waals surface area contributed by atoms with Crippen LogP contribution in [-0.4, -0.2) is 42.6 Å². The zero-order valence-corrected chi connectivity index (χ0v) is 14.2. The summed E-state index contributed by atoms with van der Waals surface area (Å²) < 4.78 is 5.09. The van der Waals surface area contributed by atoms with Gasteiger partial charge in [-0.15, -0.1) is 11.3 Å². The third kappa shape index (κ3) is 4.36. The Morgan fingerprint density at radius 2 is 2.24 bits per heavy atom. The van der Waals surface area contributed by atoms with E-state index in [-0.39, 0.29) is 5.91 Å². The first-order valence-corrected chi connectivity index (χ1v) is 8.70. The minimum absolute atomic E-state index is 0.0153. The zero-order chi connectivity index (χ0) is 15.2. The second kappa shape index (κ2) is 7.68. The molecule has 0 saturated heterocycles. The lowest BCUT2D eigenvalue weighted by Gasteiger charge is -2.23. The van der Waals surface area contributed by atoms with Crippen molar-refractivity contribution >= 4 is 28.6 Å². The largest absolute Gasteiger partial charge is 0.383 e. The maximum absolute atomic E-state index is 12.6. The molecule has 2 rings (SSSR count). The summed E-state index contributed by atoms with van der Waals surface area (Å²) >= 11 is 3.15. The van der Waals surface area contributed by atoms with E-state index in [0.717, 1.165) is 10.6 Å². The van der Waals surface area contributed by atoms with Crippen molar-refractivity contribution in [2.45, 2.75) is 13.8 Å². The van der Waals surface area contributed by atoms with Gasteiger partial charge in [0.15, 0.2) is 0 Å². The summed E-state index contributed by atoms with van der Waals surface area (Å²) in [6, 6.07) is 2.02. The van der Waals surface area contributed by atoms with E-state index in [4.69, 9.17) is 4.74 Å². The predicted molar refractivity (Wildman–Crippen MR) is 88.0 cm³/mol. The highest BCUT2D eigenvalue weighted by molar-refractivity contribution is 7.14. The minimum Gasteiger partial charge on any atom is -0.383 e. The van der Waals surface area contributed by atoms with Crippen molar-refractivity contribution in [3.63, 3.8) is 0 Å². The Hall–Kier alpha value is -1.24. The first kappa shape index (κ1) is 16.1. The third-order valence-corrected chi connectivity index (χ3v) is 4.50. The lowest BCUT2D eigenvalue weighted by molar-refractivity contribution is 0.0667. The van der Waals surface area contributed by atoms with Crippen LogP contribution in [0.4, 0.5) is 0 Å². The van der Waals surface area contributed by atoms with Gasteiger partial charge < -0.3 is 9.64 Å². The molecule has 4 nitrogen and oxygen atoms in total. The van der Waals surface area contributed by atoms with E-state index in [1.54, 1.807) is 18.4 Å². The molecule has 0 saturated carbocycles. The van der Waals surface area contributed by atoms with Crippen LogP contribution in [0.3, 0.4) is 0 Å². The van der Waals surface area contributed by atoms with Crippen molar-refractivity contribution in [1.29, 1.82) is 0 Å². The van der Waals surface area contributed by atoms with Crippen LogP contribution in [0.5, 0.6) is 0 Å². The van der Waals surface area contributed by atoms with Gasteiger partial charge in [-0.25, -0.2) is 4.98 Å². The number of amides is 1. The number of rotatable bonds is 7. The molecule has 0 aliphatic carbocycles. The highest BCUT2D eigenvalue weighted by Crippen LogP contribution is 2.26. The molecule has 6 heteroatoms. The Labute approximate surface area is 133 Å². The fourth-order valence-corrected chi connectivity index (χ4v) is 3.48. The number of nitrogens with zero attached hydrogens (tertiary/aromatic N) is 2. The van der Waals surface area contributed by atoms with Crippen LogP contribution >= 0.6 is 22.7 Å². The van der Waals surface area contributed by atoms with Gasteiger partial charge in [-0.05, 0) is 17.4 Å². The summed E-state index contributed by atoms with van der Waals surface area (Å²) in [4.78, 5) is 18.9. The van der Waals surface area contributed by atoms with Crippen LogP contribution in [0.15, 0.2) is 22.2 Å². The number of methoxy groups -OCH3 is 1. The number of ether oxygens (including phenoxy) is 1. The molecule has 0 radical (unpaired) electrons. The summed E-state index contributed by atoms with van der Waals surface area (Å²) in [5.74, 6) is 0.402. The maximum atomic E-state index is 12.6. The number of thiophene rings is 1. The van der Waals surface area contributed by atoms with Gasteiger partial charge in [-0.2, -0.15) is 11.3 Å². The molecule has 0 atom stereocenters. The SMILES string of the molecule is COCCN(CC(C)C)C(=O)c1csc(-c2ccsc2)n1. The van der Waals surface area contributed by atoms with E-state index in [9.17, 15) is 4.79 Å². The Kier molecular flexibility index (Phi) is 5.90. The minimum atomic E-state index is -0.0153. The van der Waals surface area contributed by atoms with E-state index in [2.05, 4.69) is 18.8 Å². The summed E-state index contributed by atoms with van der Waals surface area (Å²) in [7, 11) is 1.65. The van der Waals surface area contributed by atoms with Gasteiger partial charge in [0.1, 0.15) is 10.7 Å². The summed E-state index contributed by atoms with van der Waals surface area (Å²) in [6.07, 6.45) is 0. The van der Waals surface area contributed by atoms with Gasteiger partial charge in [0.05, 0.1) is 6.61 Å². The first-order chi connectivity index (χ1) is 10.1. The quantitative estimate of drug-likeness (QED) is 0.781. The van der Waals surface area contributed by atoms with E-state index < -0.39 is 0 Å². The lowest BCUT2D eigenvalue weighted by atomic mass is 10.2. The van der Waals surface area contributed by atoms with Gasteiger partial charge in [0.2, 0.25) is 0 Å². The van der Waals surface area contributed by atoms with Crippen molar-refractivity contribution in [2.24, 2.45) is 5.92 Å². The molecule has 0 fully saturated rings. The average Bonchev–Trinajstić information content (AvgIpc) is 3.11. The van der Waals surface area contributed by atoms with Gasteiger partial charge in [-0.3, -0.25) is 4.79 Å². The molecular formula is C15H20N2O2S2. The Morgan fingerprint density at radius 1 is 1.43 bits per heavy atom. The molecule has 0 unspecified atom stereocenters. The second-order valence-corrected chi connectivity index (χ2v) is 6.83. The number of carbonyl (C=O) groups excluding carboxylic acids is 1. The Morgan fingerprint density at radius 3 is 2.86 bits per heavy atom. The third-order valence-electron chi connectivity index (χ3n) is 2.93. The summed E-state index contributed by atoms with van der Waals surface area (Å²) in [6.45, 7) is 6.06. The van der Waals surface area contributed by atoms with E-state index >= 15 is 0 Å². The molecule has 1 amide bonds. The van der Waals surface area contributed by atoms with E-state index in [0.29, 0.717) is 31.3 Å². The molecule has 0 aliphatic rings. The van der Waals surface area contributed by atoms with Gasteiger partial charge in [0.25, 0.3) is 5.91 Å². The molecule has 2 aromatic heterocycles. The molecule has 114 valence electrons. The molecule has 0 aliphatic heterocycles. The van der Waals surface area contributed by atoms with Crippen molar-refractivity contribution < 1.29 is 9.53 Å². The molecule has 21 heavy (non-hydrogen) atoms. The summed E-state index contributed by atoms with van der Waals surface area (Å²) in [5.41, 5.74) is 1.61. The number of hydrogen-bond acceptors (Lipinski definition) is 5. The van der Waals surface area contributed by atoms with E-state index in [1.807, 2.05) is 27.1 Å². The Bertz CT molecular complexity index is 564. The van der Waals surface area contributed by atoms with Crippen LogP contribution in [0.1, 0.15) is 24.3 Å². The predicted octanol–water partition coefficient (Wildman–Crippen LogP) is 3.62. The van der Waals surface area contributed by atoms with E-state index in [1.165, 1.54) is 11.3 Å². The zero-order valence-electron chi connectivity index (χ0n) is 12.5. The molecule has 0 aromatic carbocycles. The fraction of sp³-hybridized carbons (Fsp3) is 0.467. The van der Waals surface area contributed by atoms with Crippen LogP contribution in [0, 0.1) is 5.92 Å². The van der Waals surface area contributed by atoms with Crippen LogP contribution in [-0.2, 0) is 4.74 Å². The first-order valence-electron chi connectivity index (χ1n) is 6.88. The standard InChI is InChI=1S/C15H20N2O2S2/c1-11(2)8-17(5-6-19-3)15(18)13-10-21-14(16-13)12-4-7-20-9-12/h4,7,9-11H,5-6,8H2,1-3H3. The van der Waals surface area contributed by atoms with Crippen LogP contribution < -0.4 is 0 Å². The average molecular weight is 324 g/mol. The van der Waals surface area contributed by atoms with Crippen molar-refractivity contribution in [2.75, 3.05) is 26.8 Å². The Balaban J connectivity index is 2.12. The van der Waals surface area contributed by atoms with Crippen molar-refractivity contribution in [1.82, 2.24) is 9.88 Å². The highest BCUT2D eigenvalue weighted by Gasteiger charge is 2.19. The number of thiazole rings is 1. The highest BCUT2D eigenvalue weighted by atomic mass is 32.1. The number of carbonyl (C=O) groups is 1. The fourth-order valence-electron chi connectivity index (χ4n) is 1.97. The molecule has 0 N–H and O–H groups in total. The van der Waals surface area contributed by atoms with Gasteiger partial charge in [0, 0.05) is 36.5 Å². The summed E-state index contributed by atoms with van der Waals surface area (Å²) in [5, 5.41) is 6.80. The number of hydrogen-bond donors (Lipinski definition) is 0. The topological polar surface area (TPSA) is 42.4 Å². The van der Waals surface area contributed by atoms with Gasteiger partial charge >= 0.3 is 0 Å². The van der Waals surface area contributed by atoms with Crippen LogP contribution in [0.25, 0.3) is 10.6 Å².